The van der Waals surface area contributed by atoms with Crippen LogP contribution in [0.5, 0.6) is 5.75 Å². The predicted octanol–water partition coefficient (Wildman–Crippen LogP) is 8.47. The van der Waals surface area contributed by atoms with Gasteiger partial charge in [0, 0.05) is 12.5 Å². The van der Waals surface area contributed by atoms with E-state index in [4.69, 9.17) is 4.42 Å². The summed E-state index contributed by atoms with van der Waals surface area (Å²) in [4.78, 5) is 12.2. The highest BCUT2D eigenvalue weighted by molar-refractivity contribution is 5.82. The lowest BCUT2D eigenvalue weighted by Crippen LogP contribution is -2.02. The number of hydrogen-bond acceptors (Lipinski definition) is 3. The van der Waals surface area contributed by atoms with Crippen molar-refractivity contribution in [3.05, 3.63) is 52.4 Å². The third kappa shape index (κ3) is 10.2. The average molecular weight is 427 g/mol. The van der Waals surface area contributed by atoms with Crippen molar-refractivity contribution in [2.45, 2.75) is 110 Å². The van der Waals surface area contributed by atoms with Crippen LogP contribution in [0.4, 0.5) is 0 Å². The largest absolute Gasteiger partial charge is 0.507 e. The van der Waals surface area contributed by atoms with E-state index in [1.807, 2.05) is 0 Å². The lowest BCUT2D eigenvalue weighted by atomic mass is 10.0. The molecule has 0 unspecified atom stereocenters. The van der Waals surface area contributed by atoms with Crippen LogP contribution in [0.2, 0.25) is 0 Å². The number of unbranched alkanes of at least 4 members (excludes halogenated alkanes) is 13. The first-order valence-electron chi connectivity index (χ1n) is 12.6. The molecule has 1 aromatic carbocycles. The van der Waals surface area contributed by atoms with E-state index in [9.17, 15) is 9.90 Å². The second-order valence-electron chi connectivity index (χ2n) is 8.77. The Morgan fingerprint density at radius 2 is 1.39 bits per heavy atom. The van der Waals surface area contributed by atoms with Gasteiger partial charge in [-0.25, -0.2) is 0 Å². The van der Waals surface area contributed by atoms with Gasteiger partial charge in [0.1, 0.15) is 22.5 Å². The number of benzene rings is 1. The Hall–Kier alpha value is -2.03. The standard InChI is InChI=1S/C28H42O3/c1-2-3-4-5-6-7-8-9-10-11-12-13-14-15-16-17-18-20-24-23-26(30)28-25(29)21-19-22-27(28)31-24/h5-6,19,21-23,29H,2-4,7-18,20H2,1H3/b6-5+. The van der Waals surface area contributed by atoms with Crippen molar-refractivity contribution in [1.82, 2.24) is 0 Å². The van der Waals surface area contributed by atoms with Crippen LogP contribution < -0.4 is 5.43 Å². The topological polar surface area (TPSA) is 50.4 Å². The number of hydrogen-bond donors (Lipinski definition) is 1. The zero-order valence-corrected chi connectivity index (χ0v) is 19.5. The predicted molar refractivity (Wildman–Crippen MR) is 132 cm³/mol. The molecule has 172 valence electrons. The van der Waals surface area contributed by atoms with Crippen molar-refractivity contribution >= 4 is 11.0 Å². The van der Waals surface area contributed by atoms with Crippen molar-refractivity contribution in [3.63, 3.8) is 0 Å². The van der Waals surface area contributed by atoms with Crippen molar-refractivity contribution in [2.24, 2.45) is 0 Å². The van der Waals surface area contributed by atoms with Gasteiger partial charge in [-0.1, -0.05) is 95.8 Å². The van der Waals surface area contributed by atoms with E-state index in [-0.39, 0.29) is 16.6 Å². The van der Waals surface area contributed by atoms with Gasteiger partial charge in [0.2, 0.25) is 0 Å². The maximum absolute atomic E-state index is 12.2. The first-order chi connectivity index (χ1) is 15.2. The molecule has 31 heavy (non-hydrogen) atoms. The minimum absolute atomic E-state index is 0.00670. The zero-order chi connectivity index (χ0) is 22.2. The molecule has 0 aliphatic heterocycles. The molecule has 0 saturated heterocycles. The summed E-state index contributed by atoms with van der Waals surface area (Å²) in [5, 5.41) is 10.1. The molecule has 1 heterocycles. The van der Waals surface area contributed by atoms with Gasteiger partial charge in [-0.3, -0.25) is 4.79 Å². The molecular formula is C28H42O3. The fourth-order valence-electron chi connectivity index (χ4n) is 4.07. The van der Waals surface area contributed by atoms with Gasteiger partial charge < -0.3 is 9.52 Å². The summed E-state index contributed by atoms with van der Waals surface area (Å²) < 4.78 is 5.79. The van der Waals surface area contributed by atoms with E-state index >= 15 is 0 Å². The number of allylic oxidation sites excluding steroid dienone is 2. The van der Waals surface area contributed by atoms with Gasteiger partial charge in [0.25, 0.3) is 0 Å². The van der Waals surface area contributed by atoms with Crippen LogP contribution in [0, 0.1) is 0 Å². The Kier molecular flexibility index (Phi) is 12.8. The highest BCUT2D eigenvalue weighted by Gasteiger charge is 2.08. The molecule has 0 spiro atoms. The summed E-state index contributed by atoms with van der Waals surface area (Å²) in [5.41, 5.74) is 0.323. The van der Waals surface area contributed by atoms with E-state index in [2.05, 4.69) is 19.1 Å². The van der Waals surface area contributed by atoms with Crippen molar-refractivity contribution in [1.29, 1.82) is 0 Å². The molecule has 0 aliphatic rings. The molecule has 1 aromatic heterocycles. The third-order valence-electron chi connectivity index (χ3n) is 5.97. The smallest absolute Gasteiger partial charge is 0.196 e. The van der Waals surface area contributed by atoms with Gasteiger partial charge in [0.05, 0.1) is 0 Å². The first kappa shape index (κ1) is 25.2. The highest BCUT2D eigenvalue weighted by Crippen LogP contribution is 2.22. The van der Waals surface area contributed by atoms with Gasteiger partial charge in [-0.15, -0.1) is 0 Å². The minimum atomic E-state index is -0.155. The summed E-state index contributed by atoms with van der Waals surface area (Å²) in [6, 6.07) is 6.50. The van der Waals surface area contributed by atoms with Gasteiger partial charge in [0.15, 0.2) is 5.43 Å². The average Bonchev–Trinajstić information content (AvgIpc) is 2.75. The molecule has 0 aliphatic carbocycles. The molecular weight excluding hydrogens is 384 g/mol. The quantitative estimate of drug-likeness (QED) is 0.204. The van der Waals surface area contributed by atoms with Gasteiger partial charge in [-0.2, -0.15) is 0 Å². The van der Waals surface area contributed by atoms with Crippen LogP contribution in [-0.4, -0.2) is 5.11 Å². The number of aromatic hydroxyl groups is 1. The fourth-order valence-corrected chi connectivity index (χ4v) is 4.07. The number of phenols is 1. The lowest BCUT2D eigenvalue weighted by molar-refractivity contribution is 0.476. The molecule has 0 saturated carbocycles. The SMILES string of the molecule is CCCC/C=C/CCCCCCCCCCCCCc1cc(=O)c2c(O)cccc2o1. The van der Waals surface area contributed by atoms with E-state index < -0.39 is 0 Å². The summed E-state index contributed by atoms with van der Waals surface area (Å²) in [5.74, 6) is 0.715. The van der Waals surface area contributed by atoms with Crippen LogP contribution in [0.25, 0.3) is 11.0 Å². The Labute approximate surface area is 188 Å². The molecule has 0 atom stereocenters. The van der Waals surface area contributed by atoms with E-state index in [0.717, 1.165) is 18.6 Å². The molecule has 2 aromatic rings. The second kappa shape index (κ2) is 15.7. The van der Waals surface area contributed by atoms with Crippen LogP contribution in [-0.2, 0) is 6.42 Å². The first-order valence-corrected chi connectivity index (χ1v) is 12.6. The van der Waals surface area contributed by atoms with Crippen LogP contribution in [0.3, 0.4) is 0 Å². The lowest BCUT2D eigenvalue weighted by Gasteiger charge is -2.05. The normalized spacial score (nSPS) is 11.6. The van der Waals surface area contributed by atoms with Crippen molar-refractivity contribution < 1.29 is 9.52 Å². The van der Waals surface area contributed by atoms with Crippen molar-refractivity contribution in [3.8, 4) is 5.75 Å². The Bertz CT molecular complexity index is 819. The van der Waals surface area contributed by atoms with Crippen molar-refractivity contribution in [2.75, 3.05) is 0 Å². The van der Waals surface area contributed by atoms with Crippen LogP contribution in [0.15, 0.2) is 45.6 Å². The summed E-state index contributed by atoms with van der Waals surface area (Å²) >= 11 is 0. The summed E-state index contributed by atoms with van der Waals surface area (Å²) in [6.07, 6.45) is 25.0. The molecule has 0 radical (unpaired) electrons. The Morgan fingerprint density at radius 3 is 2.03 bits per heavy atom. The Morgan fingerprint density at radius 1 is 0.806 bits per heavy atom. The summed E-state index contributed by atoms with van der Waals surface area (Å²) in [7, 11) is 0. The maximum Gasteiger partial charge on any atom is 0.196 e. The molecule has 0 amide bonds. The zero-order valence-electron chi connectivity index (χ0n) is 19.5. The van der Waals surface area contributed by atoms with Crippen LogP contribution in [0.1, 0.15) is 109 Å². The van der Waals surface area contributed by atoms with E-state index in [0.29, 0.717) is 5.58 Å². The molecule has 3 heteroatoms. The molecule has 1 N–H and O–H groups in total. The number of phenolic OH excluding ortho intramolecular Hbond substituents is 1. The number of rotatable bonds is 17. The van der Waals surface area contributed by atoms with E-state index in [1.54, 1.807) is 12.1 Å². The molecule has 0 bridgehead atoms. The summed E-state index contributed by atoms with van der Waals surface area (Å²) in [6.45, 7) is 2.25. The van der Waals surface area contributed by atoms with E-state index in [1.165, 1.54) is 102 Å². The highest BCUT2D eigenvalue weighted by atomic mass is 16.3. The number of fused-ring (bicyclic) bond motifs is 1. The minimum Gasteiger partial charge on any atom is -0.507 e. The molecule has 0 fully saturated rings. The van der Waals surface area contributed by atoms with Gasteiger partial charge in [-0.05, 0) is 37.8 Å². The molecule has 3 nitrogen and oxygen atoms in total. The Balaban J connectivity index is 1.43. The number of aryl methyl sites for hydroxylation is 1. The van der Waals surface area contributed by atoms with Gasteiger partial charge >= 0.3 is 0 Å². The third-order valence-corrected chi connectivity index (χ3v) is 5.97. The maximum atomic E-state index is 12.2. The second-order valence-corrected chi connectivity index (χ2v) is 8.77. The fraction of sp³-hybridized carbons (Fsp3) is 0.607. The van der Waals surface area contributed by atoms with Crippen LogP contribution >= 0.6 is 0 Å². The monoisotopic (exact) mass is 426 g/mol. The molecule has 2 rings (SSSR count).